The topological polar surface area (TPSA) is 115 Å². The lowest BCUT2D eigenvalue weighted by Crippen LogP contribution is -2.41. The van der Waals surface area contributed by atoms with Crippen molar-refractivity contribution in [2.75, 3.05) is 5.32 Å². The minimum Gasteiger partial charge on any atom is -0.478 e. The van der Waals surface area contributed by atoms with Gasteiger partial charge in [0.2, 0.25) is 0 Å². The normalized spacial score (nSPS) is 13.2. The first-order valence-corrected chi connectivity index (χ1v) is 11.0. The molecule has 2 aromatic heterocycles. The number of hydrogen-bond acceptors (Lipinski definition) is 5. The molecule has 1 saturated carbocycles. The number of carboxylic acid groups (broad SMARTS) is 1. The molecule has 2 heterocycles. The van der Waals surface area contributed by atoms with Gasteiger partial charge < -0.3 is 10.4 Å². The quantitative estimate of drug-likeness (QED) is 0.418. The number of aryl methyl sites for hydroxylation is 1. The molecule has 176 valence electrons. The molecule has 4 aromatic rings. The molecular weight excluding hydrogens is 454 g/mol. The van der Waals surface area contributed by atoms with E-state index in [0.29, 0.717) is 18.3 Å². The maximum atomic E-state index is 14.6. The summed E-state index contributed by atoms with van der Waals surface area (Å²) in [5.74, 6) is -1.75. The molecule has 9 nitrogen and oxygen atoms in total. The third-order valence-corrected chi connectivity index (χ3v) is 6.11. The number of benzene rings is 2. The van der Waals surface area contributed by atoms with E-state index in [1.54, 1.807) is 13.9 Å². The van der Waals surface area contributed by atoms with E-state index in [1.165, 1.54) is 54.1 Å². The Kier molecular flexibility index (Phi) is 5.19. The summed E-state index contributed by atoms with van der Waals surface area (Å²) in [6, 6.07) is 11.1. The monoisotopic (exact) mass is 474 g/mol. The van der Waals surface area contributed by atoms with Crippen molar-refractivity contribution in [2.24, 2.45) is 7.05 Å². The SMILES string of the molecule is Bc1ccc(Nc2cc(=O)n(C)c3c2c(=O)n(C2CC2)c(=O)n3-c2cccc(C(=O)O)c2)c(F)c1. The summed E-state index contributed by atoms with van der Waals surface area (Å²) in [4.78, 5) is 51.7. The zero-order valence-electron chi connectivity index (χ0n) is 18.9. The molecule has 1 aliphatic carbocycles. The van der Waals surface area contributed by atoms with Crippen molar-refractivity contribution in [3.8, 4) is 5.69 Å². The van der Waals surface area contributed by atoms with E-state index in [0.717, 1.165) is 9.13 Å². The smallest absolute Gasteiger partial charge is 0.337 e. The molecule has 0 amide bonds. The second kappa shape index (κ2) is 8.12. The number of hydrogen-bond donors (Lipinski definition) is 2. The van der Waals surface area contributed by atoms with Crippen LogP contribution in [0.2, 0.25) is 0 Å². The number of rotatable bonds is 5. The van der Waals surface area contributed by atoms with Crippen LogP contribution in [0, 0.1) is 5.82 Å². The van der Waals surface area contributed by atoms with Crippen LogP contribution in [0.25, 0.3) is 16.7 Å². The third kappa shape index (κ3) is 3.74. The van der Waals surface area contributed by atoms with Gasteiger partial charge in [-0.3, -0.25) is 18.7 Å². The second-order valence-corrected chi connectivity index (χ2v) is 8.64. The summed E-state index contributed by atoms with van der Waals surface area (Å²) in [6.45, 7) is 0. The summed E-state index contributed by atoms with van der Waals surface area (Å²) >= 11 is 0. The fraction of sp³-hybridized carbons (Fsp3) is 0.167. The van der Waals surface area contributed by atoms with Gasteiger partial charge >= 0.3 is 11.7 Å². The Labute approximate surface area is 198 Å². The van der Waals surface area contributed by atoms with Crippen LogP contribution in [0.3, 0.4) is 0 Å². The minimum atomic E-state index is -1.19. The maximum Gasteiger partial charge on any atom is 0.337 e. The third-order valence-electron chi connectivity index (χ3n) is 6.11. The number of nitrogens with one attached hydrogen (secondary N) is 1. The van der Waals surface area contributed by atoms with E-state index in [1.807, 2.05) is 0 Å². The van der Waals surface area contributed by atoms with Gasteiger partial charge in [0.05, 0.1) is 22.6 Å². The Morgan fingerprint density at radius 3 is 2.49 bits per heavy atom. The highest BCUT2D eigenvalue weighted by Gasteiger charge is 2.31. The molecule has 11 heteroatoms. The molecule has 0 bridgehead atoms. The molecule has 0 saturated heterocycles. The number of aromatic nitrogens is 3. The van der Waals surface area contributed by atoms with Gasteiger partial charge in [0.1, 0.15) is 24.7 Å². The van der Waals surface area contributed by atoms with E-state index in [-0.39, 0.29) is 39.7 Å². The molecule has 5 rings (SSSR count). The number of nitrogens with zero attached hydrogens (tertiary/aromatic N) is 3. The Hall–Kier alpha value is -4.41. The molecule has 2 aromatic carbocycles. The summed E-state index contributed by atoms with van der Waals surface area (Å²) in [5.41, 5.74) is -0.923. The lowest BCUT2D eigenvalue weighted by atomic mass is 9.96. The zero-order chi connectivity index (χ0) is 25.0. The standard InChI is InChI=1S/C24H20BFN4O5/c1-28-19(31)11-18(27-17-8-5-13(25)10-16(17)26)20-21(28)29(15-4-2-3-12(9-15)23(33)34)24(35)30(22(20)32)14-6-7-14/h2-5,8-11,14,27H,6-7,25H2,1H3,(H,33,34). The van der Waals surface area contributed by atoms with Crippen LogP contribution < -0.4 is 27.6 Å². The molecule has 1 fully saturated rings. The zero-order valence-corrected chi connectivity index (χ0v) is 18.9. The molecule has 0 aliphatic heterocycles. The van der Waals surface area contributed by atoms with Crippen LogP contribution in [0.15, 0.2) is 62.9 Å². The van der Waals surface area contributed by atoms with E-state index < -0.39 is 28.6 Å². The first kappa shape index (κ1) is 22.4. The highest BCUT2D eigenvalue weighted by Crippen LogP contribution is 2.33. The molecular formula is C24H20BFN4O5. The van der Waals surface area contributed by atoms with Crippen molar-refractivity contribution in [2.45, 2.75) is 18.9 Å². The van der Waals surface area contributed by atoms with Gasteiger partial charge in [-0.15, -0.1) is 0 Å². The number of fused-ring (bicyclic) bond motifs is 1. The number of halogens is 1. The molecule has 0 spiro atoms. The fourth-order valence-electron chi connectivity index (χ4n) is 4.19. The Morgan fingerprint density at radius 2 is 1.83 bits per heavy atom. The predicted octanol–water partition coefficient (Wildman–Crippen LogP) is 1.03. The maximum absolute atomic E-state index is 14.6. The average molecular weight is 474 g/mol. The van der Waals surface area contributed by atoms with Crippen LogP contribution >= 0.6 is 0 Å². The van der Waals surface area contributed by atoms with Crippen molar-refractivity contribution in [1.29, 1.82) is 0 Å². The summed E-state index contributed by atoms with van der Waals surface area (Å²) in [6.07, 6.45) is 1.27. The largest absolute Gasteiger partial charge is 0.478 e. The predicted molar refractivity (Wildman–Crippen MR) is 132 cm³/mol. The number of anilines is 2. The van der Waals surface area contributed by atoms with Gasteiger partial charge in [-0.05, 0) is 43.2 Å². The number of carboxylic acids is 1. The Balaban J connectivity index is 1.90. The summed E-state index contributed by atoms with van der Waals surface area (Å²) in [5, 5.41) is 12.3. The van der Waals surface area contributed by atoms with E-state index in [4.69, 9.17) is 0 Å². The van der Waals surface area contributed by atoms with Crippen LogP contribution in [0.5, 0.6) is 0 Å². The molecule has 0 radical (unpaired) electrons. The van der Waals surface area contributed by atoms with Gasteiger partial charge in [-0.25, -0.2) is 18.5 Å². The fourth-order valence-corrected chi connectivity index (χ4v) is 4.19. The summed E-state index contributed by atoms with van der Waals surface area (Å²) < 4.78 is 18.1. The summed E-state index contributed by atoms with van der Waals surface area (Å²) in [7, 11) is 3.15. The lowest BCUT2D eigenvalue weighted by Gasteiger charge is -2.19. The molecule has 2 N–H and O–H groups in total. The average Bonchev–Trinajstić information content (AvgIpc) is 3.64. The second-order valence-electron chi connectivity index (χ2n) is 8.64. The van der Waals surface area contributed by atoms with Gasteiger partial charge in [0, 0.05) is 19.2 Å². The molecule has 1 aliphatic rings. The van der Waals surface area contributed by atoms with Gasteiger partial charge in [0.25, 0.3) is 11.1 Å². The highest BCUT2D eigenvalue weighted by molar-refractivity contribution is 6.32. The van der Waals surface area contributed by atoms with Crippen molar-refractivity contribution in [1.82, 2.24) is 13.7 Å². The van der Waals surface area contributed by atoms with E-state index >= 15 is 0 Å². The molecule has 0 unspecified atom stereocenters. The van der Waals surface area contributed by atoms with Crippen LogP contribution in [-0.4, -0.2) is 32.6 Å². The highest BCUT2D eigenvalue weighted by atomic mass is 19.1. The Bertz CT molecular complexity index is 1720. The molecule has 35 heavy (non-hydrogen) atoms. The van der Waals surface area contributed by atoms with E-state index in [2.05, 4.69) is 5.32 Å². The minimum absolute atomic E-state index is 0.0132. The Morgan fingerprint density at radius 1 is 1.09 bits per heavy atom. The lowest BCUT2D eigenvalue weighted by molar-refractivity contribution is 0.0697. The van der Waals surface area contributed by atoms with Crippen LogP contribution in [0.4, 0.5) is 15.8 Å². The van der Waals surface area contributed by atoms with Crippen LogP contribution in [-0.2, 0) is 7.05 Å². The van der Waals surface area contributed by atoms with Gasteiger partial charge in [0.15, 0.2) is 0 Å². The molecule has 0 atom stereocenters. The van der Waals surface area contributed by atoms with Gasteiger partial charge in [-0.2, -0.15) is 0 Å². The van der Waals surface area contributed by atoms with Crippen molar-refractivity contribution >= 4 is 41.7 Å². The first-order chi connectivity index (χ1) is 16.7. The van der Waals surface area contributed by atoms with Crippen LogP contribution in [0.1, 0.15) is 29.2 Å². The van der Waals surface area contributed by atoms with Gasteiger partial charge in [-0.1, -0.05) is 17.6 Å². The number of carbonyl (C=O) groups is 1. The number of pyridine rings is 1. The number of aromatic carboxylic acids is 1. The van der Waals surface area contributed by atoms with Crippen molar-refractivity contribution in [3.05, 3.63) is 91.1 Å². The van der Waals surface area contributed by atoms with Crippen molar-refractivity contribution < 1.29 is 14.3 Å². The van der Waals surface area contributed by atoms with E-state index in [9.17, 15) is 28.7 Å². The van der Waals surface area contributed by atoms with Crippen molar-refractivity contribution in [3.63, 3.8) is 0 Å². The first-order valence-electron chi connectivity index (χ1n) is 11.0.